The SMILES string of the molecule is Cn1nc(C2CCCCC2)nc1CNC1CC1. The fourth-order valence-corrected chi connectivity index (χ4v) is 2.65. The van der Waals surface area contributed by atoms with Crippen molar-refractivity contribution in [3.63, 3.8) is 0 Å². The Morgan fingerprint density at radius 1 is 1.18 bits per heavy atom. The van der Waals surface area contributed by atoms with Crippen LogP contribution in [0.15, 0.2) is 0 Å². The molecule has 2 saturated carbocycles. The second-order valence-corrected chi connectivity index (χ2v) is 5.50. The van der Waals surface area contributed by atoms with Crippen LogP contribution >= 0.6 is 0 Å². The number of aryl methyl sites for hydroxylation is 1. The van der Waals surface area contributed by atoms with E-state index in [9.17, 15) is 0 Å². The van der Waals surface area contributed by atoms with E-state index in [-0.39, 0.29) is 0 Å². The van der Waals surface area contributed by atoms with Gasteiger partial charge < -0.3 is 5.32 Å². The van der Waals surface area contributed by atoms with E-state index < -0.39 is 0 Å². The van der Waals surface area contributed by atoms with Gasteiger partial charge in [-0.3, -0.25) is 4.68 Å². The Hall–Kier alpha value is -0.900. The van der Waals surface area contributed by atoms with Gasteiger partial charge in [-0.05, 0) is 25.7 Å². The lowest BCUT2D eigenvalue weighted by Gasteiger charge is -2.18. The first kappa shape index (κ1) is 11.2. The van der Waals surface area contributed by atoms with E-state index in [1.54, 1.807) is 0 Å². The second kappa shape index (κ2) is 4.77. The van der Waals surface area contributed by atoms with Crippen molar-refractivity contribution in [3.8, 4) is 0 Å². The highest BCUT2D eigenvalue weighted by atomic mass is 15.3. The summed E-state index contributed by atoms with van der Waals surface area (Å²) in [6, 6.07) is 0.741. The first-order valence-corrected chi connectivity index (χ1v) is 6.96. The molecule has 0 unspecified atom stereocenters. The zero-order valence-electron chi connectivity index (χ0n) is 10.7. The van der Waals surface area contributed by atoms with Crippen LogP contribution in [0.2, 0.25) is 0 Å². The van der Waals surface area contributed by atoms with E-state index in [1.807, 2.05) is 11.7 Å². The van der Waals surface area contributed by atoms with Gasteiger partial charge in [0.2, 0.25) is 0 Å². The Labute approximate surface area is 103 Å². The molecule has 0 saturated heterocycles. The lowest BCUT2D eigenvalue weighted by Crippen LogP contribution is -2.18. The van der Waals surface area contributed by atoms with Crippen LogP contribution in [0.5, 0.6) is 0 Å². The number of hydrogen-bond donors (Lipinski definition) is 1. The van der Waals surface area contributed by atoms with Crippen LogP contribution in [0.3, 0.4) is 0 Å². The maximum Gasteiger partial charge on any atom is 0.154 e. The van der Waals surface area contributed by atoms with Gasteiger partial charge in [0.15, 0.2) is 5.82 Å². The number of hydrogen-bond acceptors (Lipinski definition) is 3. The summed E-state index contributed by atoms with van der Waals surface area (Å²) >= 11 is 0. The third kappa shape index (κ3) is 2.68. The van der Waals surface area contributed by atoms with Gasteiger partial charge in [0.25, 0.3) is 0 Å². The van der Waals surface area contributed by atoms with Crippen molar-refractivity contribution in [1.29, 1.82) is 0 Å². The molecule has 17 heavy (non-hydrogen) atoms. The van der Waals surface area contributed by atoms with Crippen molar-refractivity contribution >= 4 is 0 Å². The van der Waals surface area contributed by atoms with Crippen LogP contribution in [0.25, 0.3) is 0 Å². The molecule has 3 rings (SSSR count). The predicted molar refractivity (Wildman–Crippen MR) is 66.7 cm³/mol. The molecule has 0 aromatic carbocycles. The first-order chi connectivity index (χ1) is 8.33. The van der Waals surface area contributed by atoms with E-state index in [4.69, 9.17) is 4.98 Å². The van der Waals surface area contributed by atoms with Crippen LogP contribution in [-0.4, -0.2) is 20.8 Å². The van der Waals surface area contributed by atoms with Crippen molar-refractivity contribution in [1.82, 2.24) is 20.1 Å². The Bertz CT molecular complexity index is 375. The van der Waals surface area contributed by atoms with Crippen LogP contribution in [0, 0.1) is 0 Å². The molecule has 0 spiro atoms. The Balaban J connectivity index is 1.65. The minimum absolute atomic E-state index is 0.615. The summed E-state index contributed by atoms with van der Waals surface area (Å²) in [4.78, 5) is 4.72. The molecule has 0 radical (unpaired) electrons. The van der Waals surface area contributed by atoms with Gasteiger partial charge in [-0.2, -0.15) is 5.10 Å². The van der Waals surface area contributed by atoms with Gasteiger partial charge in [0, 0.05) is 19.0 Å². The number of rotatable bonds is 4. The molecule has 0 atom stereocenters. The molecule has 1 heterocycles. The largest absolute Gasteiger partial charge is 0.307 e. The van der Waals surface area contributed by atoms with Gasteiger partial charge in [0.1, 0.15) is 5.82 Å². The second-order valence-electron chi connectivity index (χ2n) is 5.50. The quantitative estimate of drug-likeness (QED) is 0.867. The van der Waals surface area contributed by atoms with Gasteiger partial charge >= 0.3 is 0 Å². The van der Waals surface area contributed by atoms with Gasteiger partial charge in [-0.15, -0.1) is 0 Å². The van der Waals surface area contributed by atoms with Gasteiger partial charge in [-0.25, -0.2) is 4.98 Å². The third-order valence-electron chi connectivity index (χ3n) is 3.97. The molecule has 2 aliphatic rings. The molecule has 0 aliphatic heterocycles. The molecule has 0 amide bonds. The van der Waals surface area contributed by atoms with Crippen molar-refractivity contribution in [2.75, 3.05) is 0 Å². The predicted octanol–water partition coefficient (Wildman–Crippen LogP) is 2.11. The van der Waals surface area contributed by atoms with Gasteiger partial charge in [-0.1, -0.05) is 19.3 Å². The topological polar surface area (TPSA) is 42.7 Å². The minimum atomic E-state index is 0.615. The minimum Gasteiger partial charge on any atom is -0.307 e. The molecular weight excluding hydrogens is 212 g/mol. The van der Waals surface area contributed by atoms with Crippen molar-refractivity contribution in [2.24, 2.45) is 7.05 Å². The maximum atomic E-state index is 4.72. The molecule has 1 aromatic rings. The Kier molecular flexibility index (Phi) is 3.14. The summed E-state index contributed by atoms with van der Waals surface area (Å²) in [6.07, 6.45) is 9.29. The highest BCUT2D eigenvalue weighted by Gasteiger charge is 2.23. The van der Waals surface area contributed by atoms with Crippen LogP contribution in [0.1, 0.15) is 62.5 Å². The number of nitrogens with one attached hydrogen (secondary N) is 1. The van der Waals surface area contributed by atoms with Crippen molar-refractivity contribution in [3.05, 3.63) is 11.6 Å². The third-order valence-corrected chi connectivity index (χ3v) is 3.97. The summed E-state index contributed by atoms with van der Waals surface area (Å²) < 4.78 is 1.96. The van der Waals surface area contributed by atoms with Crippen molar-refractivity contribution < 1.29 is 0 Å². The zero-order chi connectivity index (χ0) is 11.7. The average molecular weight is 234 g/mol. The molecule has 4 heteroatoms. The van der Waals surface area contributed by atoms with Crippen LogP contribution in [-0.2, 0) is 13.6 Å². The fraction of sp³-hybridized carbons (Fsp3) is 0.846. The Morgan fingerprint density at radius 3 is 2.65 bits per heavy atom. The lowest BCUT2D eigenvalue weighted by atomic mass is 9.89. The van der Waals surface area contributed by atoms with Crippen LogP contribution in [0.4, 0.5) is 0 Å². The summed E-state index contributed by atoms with van der Waals surface area (Å²) in [6.45, 7) is 0.876. The normalized spacial score (nSPS) is 21.9. The van der Waals surface area contributed by atoms with E-state index >= 15 is 0 Å². The zero-order valence-corrected chi connectivity index (χ0v) is 10.7. The smallest absolute Gasteiger partial charge is 0.154 e. The summed E-state index contributed by atoms with van der Waals surface area (Å²) in [5.74, 6) is 2.79. The number of nitrogens with zero attached hydrogens (tertiary/aromatic N) is 3. The average Bonchev–Trinajstić information content (AvgIpc) is 3.12. The molecule has 4 nitrogen and oxygen atoms in total. The van der Waals surface area contributed by atoms with Crippen molar-refractivity contribution in [2.45, 2.75) is 63.5 Å². The molecule has 1 N–H and O–H groups in total. The lowest BCUT2D eigenvalue weighted by molar-refractivity contribution is 0.427. The summed E-state index contributed by atoms with van der Waals surface area (Å²) in [5, 5.41) is 8.10. The summed E-state index contributed by atoms with van der Waals surface area (Å²) in [7, 11) is 2.02. The van der Waals surface area contributed by atoms with E-state index in [2.05, 4.69) is 10.4 Å². The number of aromatic nitrogens is 3. The van der Waals surface area contributed by atoms with E-state index in [0.717, 1.165) is 24.2 Å². The first-order valence-electron chi connectivity index (χ1n) is 6.96. The highest BCUT2D eigenvalue weighted by Crippen LogP contribution is 2.30. The highest BCUT2D eigenvalue weighted by molar-refractivity contribution is 5.01. The Morgan fingerprint density at radius 2 is 1.94 bits per heavy atom. The fourth-order valence-electron chi connectivity index (χ4n) is 2.65. The van der Waals surface area contributed by atoms with E-state index in [0.29, 0.717) is 5.92 Å². The monoisotopic (exact) mass is 234 g/mol. The summed E-state index contributed by atoms with van der Waals surface area (Å²) in [5.41, 5.74) is 0. The van der Waals surface area contributed by atoms with Gasteiger partial charge in [0.05, 0.1) is 6.54 Å². The molecule has 2 aliphatic carbocycles. The van der Waals surface area contributed by atoms with E-state index in [1.165, 1.54) is 44.9 Å². The van der Waals surface area contributed by atoms with Crippen LogP contribution < -0.4 is 5.32 Å². The molecule has 94 valence electrons. The molecule has 2 fully saturated rings. The molecule has 0 bridgehead atoms. The standard InChI is InChI=1S/C13H22N4/c1-17-12(9-14-11-7-8-11)15-13(16-17)10-5-3-2-4-6-10/h10-11,14H,2-9H2,1H3. The molecular formula is C13H22N4. The molecule has 1 aromatic heterocycles. The maximum absolute atomic E-state index is 4.72.